The molecule has 0 radical (unpaired) electrons. The third-order valence-corrected chi connectivity index (χ3v) is 4.47. The van der Waals surface area contributed by atoms with Crippen molar-refractivity contribution in [3.8, 4) is 0 Å². The first-order valence-electron chi connectivity index (χ1n) is 8.13. The van der Waals surface area contributed by atoms with Crippen LogP contribution in [0.5, 0.6) is 0 Å². The van der Waals surface area contributed by atoms with Gasteiger partial charge in [0.05, 0.1) is 6.54 Å². The van der Waals surface area contributed by atoms with Crippen LogP contribution in [-0.2, 0) is 15.2 Å². The number of piperidine rings is 1. The summed E-state index contributed by atoms with van der Waals surface area (Å²) >= 11 is 0. The minimum atomic E-state index is -4.91. The standard InChI is InChI=1S/C17H20F4N2O3/c1-16(26,12-2-4-13(18)5-3-12)10-22-14(24)11-6-8-23(9-7-11)15(25)17(19,20)21/h2-5,11,26H,6-10H2,1H3,(H,22,24). The van der Waals surface area contributed by atoms with Gasteiger partial charge in [-0.3, -0.25) is 9.59 Å². The number of hydrogen-bond acceptors (Lipinski definition) is 3. The Hall–Kier alpha value is -2.16. The van der Waals surface area contributed by atoms with Gasteiger partial charge in [0, 0.05) is 19.0 Å². The molecule has 2 amide bonds. The van der Waals surface area contributed by atoms with Crippen molar-refractivity contribution in [1.29, 1.82) is 0 Å². The van der Waals surface area contributed by atoms with Gasteiger partial charge < -0.3 is 15.3 Å². The zero-order valence-corrected chi connectivity index (χ0v) is 14.1. The molecule has 0 spiro atoms. The lowest BCUT2D eigenvalue weighted by Crippen LogP contribution is -2.48. The van der Waals surface area contributed by atoms with E-state index in [9.17, 15) is 32.3 Å². The molecular formula is C17H20F4N2O3. The SMILES string of the molecule is CC(O)(CNC(=O)C1CCN(C(=O)C(F)(F)F)CC1)c1ccc(F)cc1. The number of likely N-dealkylation sites (tertiary alicyclic amines) is 1. The van der Waals surface area contributed by atoms with Crippen LogP contribution in [-0.4, -0.2) is 47.6 Å². The second-order valence-corrected chi connectivity index (χ2v) is 6.56. The molecule has 1 aromatic carbocycles. The molecule has 0 bridgehead atoms. The Morgan fingerprint density at radius 2 is 1.73 bits per heavy atom. The van der Waals surface area contributed by atoms with Crippen molar-refractivity contribution in [1.82, 2.24) is 10.2 Å². The van der Waals surface area contributed by atoms with Crippen molar-refractivity contribution < 1.29 is 32.3 Å². The van der Waals surface area contributed by atoms with Crippen LogP contribution in [0.3, 0.4) is 0 Å². The molecule has 2 N–H and O–H groups in total. The number of rotatable bonds is 4. The fraction of sp³-hybridized carbons (Fsp3) is 0.529. The number of alkyl halides is 3. The highest BCUT2D eigenvalue weighted by Crippen LogP contribution is 2.25. The number of amides is 2. The summed E-state index contributed by atoms with van der Waals surface area (Å²) in [5.74, 6) is -3.27. The maximum atomic E-state index is 12.9. The van der Waals surface area contributed by atoms with Gasteiger partial charge in [0.25, 0.3) is 0 Å². The van der Waals surface area contributed by atoms with Gasteiger partial charge in [-0.2, -0.15) is 13.2 Å². The van der Waals surface area contributed by atoms with Crippen LogP contribution in [0.25, 0.3) is 0 Å². The molecule has 1 aromatic rings. The first kappa shape index (κ1) is 20.2. The lowest BCUT2D eigenvalue weighted by atomic mass is 9.93. The zero-order chi connectivity index (χ0) is 19.5. The number of nitrogens with one attached hydrogen (secondary N) is 1. The summed E-state index contributed by atoms with van der Waals surface area (Å²) in [7, 11) is 0. The number of halogens is 4. The fourth-order valence-corrected chi connectivity index (χ4v) is 2.84. The summed E-state index contributed by atoms with van der Waals surface area (Å²) in [5.41, 5.74) is -0.999. The third-order valence-electron chi connectivity index (χ3n) is 4.47. The molecule has 0 aliphatic carbocycles. The van der Waals surface area contributed by atoms with Crippen LogP contribution in [0.4, 0.5) is 17.6 Å². The van der Waals surface area contributed by atoms with Crippen LogP contribution in [0.15, 0.2) is 24.3 Å². The molecule has 144 valence electrons. The number of aliphatic hydroxyl groups is 1. The number of benzene rings is 1. The van der Waals surface area contributed by atoms with Gasteiger partial charge in [0.15, 0.2) is 0 Å². The highest BCUT2D eigenvalue weighted by molar-refractivity contribution is 5.83. The van der Waals surface area contributed by atoms with E-state index in [0.29, 0.717) is 10.5 Å². The summed E-state index contributed by atoms with van der Waals surface area (Å²) in [5, 5.41) is 13.0. The molecule has 26 heavy (non-hydrogen) atoms. The van der Waals surface area contributed by atoms with Gasteiger partial charge >= 0.3 is 12.1 Å². The minimum Gasteiger partial charge on any atom is -0.384 e. The first-order chi connectivity index (χ1) is 12.0. The minimum absolute atomic E-state index is 0.117. The predicted molar refractivity (Wildman–Crippen MR) is 84.3 cm³/mol. The van der Waals surface area contributed by atoms with E-state index < -0.39 is 35.3 Å². The van der Waals surface area contributed by atoms with Crippen molar-refractivity contribution >= 4 is 11.8 Å². The monoisotopic (exact) mass is 376 g/mol. The van der Waals surface area contributed by atoms with E-state index in [4.69, 9.17) is 0 Å². The van der Waals surface area contributed by atoms with Crippen molar-refractivity contribution in [3.63, 3.8) is 0 Å². The smallest absolute Gasteiger partial charge is 0.384 e. The van der Waals surface area contributed by atoms with E-state index in [-0.39, 0.29) is 32.5 Å². The summed E-state index contributed by atoms with van der Waals surface area (Å²) in [6.45, 7) is 1.04. The second-order valence-electron chi connectivity index (χ2n) is 6.56. The zero-order valence-electron chi connectivity index (χ0n) is 14.1. The summed E-state index contributed by atoms with van der Waals surface area (Å²) in [6.07, 6.45) is -4.68. The van der Waals surface area contributed by atoms with Gasteiger partial charge in [0.1, 0.15) is 11.4 Å². The topological polar surface area (TPSA) is 69.6 Å². The van der Waals surface area contributed by atoms with Crippen LogP contribution >= 0.6 is 0 Å². The molecule has 1 aliphatic heterocycles. The number of hydrogen-bond donors (Lipinski definition) is 2. The second kappa shape index (κ2) is 7.61. The highest BCUT2D eigenvalue weighted by Gasteiger charge is 2.43. The van der Waals surface area contributed by atoms with E-state index in [1.807, 2.05) is 0 Å². The predicted octanol–water partition coefficient (Wildman–Crippen LogP) is 1.95. The average Bonchev–Trinajstić information content (AvgIpc) is 2.59. The molecule has 2 rings (SSSR count). The molecule has 1 saturated heterocycles. The van der Waals surface area contributed by atoms with E-state index in [1.54, 1.807) is 0 Å². The van der Waals surface area contributed by atoms with Crippen molar-refractivity contribution in [2.24, 2.45) is 5.92 Å². The van der Waals surface area contributed by atoms with Crippen LogP contribution in [0.1, 0.15) is 25.3 Å². The molecule has 0 saturated carbocycles. The first-order valence-corrected chi connectivity index (χ1v) is 8.13. The number of carbonyl (C=O) groups is 2. The van der Waals surface area contributed by atoms with E-state index in [0.717, 1.165) is 0 Å². The lowest BCUT2D eigenvalue weighted by molar-refractivity contribution is -0.186. The van der Waals surface area contributed by atoms with Crippen molar-refractivity contribution in [2.75, 3.05) is 19.6 Å². The van der Waals surface area contributed by atoms with Crippen LogP contribution in [0, 0.1) is 11.7 Å². The average molecular weight is 376 g/mol. The fourth-order valence-electron chi connectivity index (χ4n) is 2.84. The third kappa shape index (κ3) is 4.94. The number of carbonyl (C=O) groups excluding carboxylic acids is 2. The Balaban J connectivity index is 1.85. The summed E-state index contributed by atoms with van der Waals surface area (Å²) in [6, 6.07) is 5.20. The van der Waals surface area contributed by atoms with Gasteiger partial charge in [-0.05, 0) is 37.5 Å². The Kier molecular flexibility index (Phi) is 5.90. The molecule has 9 heteroatoms. The molecule has 1 atom stereocenters. The van der Waals surface area contributed by atoms with Crippen molar-refractivity contribution in [3.05, 3.63) is 35.6 Å². The Bertz CT molecular complexity index is 651. The Morgan fingerprint density at radius 3 is 2.23 bits per heavy atom. The highest BCUT2D eigenvalue weighted by atomic mass is 19.4. The lowest BCUT2D eigenvalue weighted by Gasteiger charge is -2.32. The molecule has 1 heterocycles. The molecule has 5 nitrogen and oxygen atoms in total. The molecule has 1 aliphatic rings. The number of nitrogens with zero attached hydrogens (tertiary/aromatic N) is 1. The van der Waals surface area contributed by atoms with Gasteiger partial charge in [-0.15, -0.1) is 0 Å². The molecule has 1 unspecified atom stereocenters. The van der Waals surface area contributed by atoms with Gasteiger partial charge in [-0.1, -0.05) is 12.1 Å². The maximum absolute atomic E-state index is 12.9. The quantitative estimate of drug-likeness (QED) is 0.790. The molecule has 1 fully saturated rings. The van der Waals surface area contributed by atoms with Gasteiger partial charge in [0.2, 0.25) is 5.91 Å². The molecule has 0 aromatic heterocycles. The van der Waals surface area contributed by atoms with E-state index in [1.165, 1.54) is 31.2 Å². The summed E-state index contributed by atoms with van der Waals surface area (Å²) in [4.78, 5) is 24.1. The van der Waals surface area contributed by atoms with E-state index in [2.05, 4.69) is 5.32 Å². The normalized spacial score (nSPS) is 18.3. The molecular weight excluding hydrogens is 356 g/mol. The Morgan fingerprint density at radius 1 is 1.19 bits per heavy atom. The maximum Gasteiger partial charge on any atom is 0.471 e. The summed E-state index contributed by atoms with van der Waals surface area (Å²) < 4.78 is 50.2. The van der Waals surface area contributed by atoms with Gasteiger partial charge in [-0.25, -0.2) is 4.39 Å². The van der Waals surface area contributed by atoms with Crippen LogP contribution < -0.4 is 5.32 Å². The Labute approximate surface area is 148 Å². The van der Waals surface area contributed by atoms with E-state index >= 15 is 0 Å². The van der Waals surface area contributed by atoms with Crippen LogP contribution in [0.2, 0.25) is 0 Å². The van der Waals surface area contributed by atoms with Crippen molar-refractivity contribution in [2.45, 2.75) is 31.5 Å². The largest absolute Gasteiger partial charge is 0.471 e.